The first-order valence-electron chi connectivity index (χ1n) is 7.44. The van der Waals surface area contributed by atoms with Gasteiger partial charge in [-0.15, -0.1) is 0 Å². The molecule has 4 atom stereocenters. The van der Waals surface area contributed by atoms with Crippen molar-refractivity contribution in [3.05, 3.63) is 35.4 Å². The van der Waals surface area contributed by atoms with Crippen molar-refractivity contribution in [3.8, 4) is 0 Å². The summed E-state index contributed by atoms with van der Waals surface area (Å²) in [5, 5.41) is 11.6. The van der Waals surface area contributed by atoms with Crippen LogP contribution in [0.4, 0.5) is 8.78 Å². The topological polar surface area (TPSA) is 66.4 Å². The van der Waals surface area contributed by atoms with Crippen molar-refractivity contribution in [1.82, 2.24) is 5.32 Å². The van der Waals surface area contributed by atoms with Gasteiger partial charge in [-0.25, -0.2) is 13.6 Å². The van der Waals surface area contributed by atoms with E-state index in [1.54, 1.807) is 0 Å². The number of hydrogen-bond acceptors (Lipinski definition) is 2. The van der Waals surface area contributed by atoms with E-state index < -0.39 is 23.6 Å². The number of nitrogens with one attached hydrogen (secondary N) is 1. The zero-order valence-corrected chi connectivity index (χ0v) is 11.9. The summed E-state index contributed by atoms with van der Waals surface area (Å²) in [5.41, 5.74) is -0.357. The molecule has 22 heavy (non-hydrogen) atoms. The molecule has 0 aromatic heterocycles. The van der Waals surface area contributed by atoms with Crippen LogP contribution >= 0.6 is 0 Å². The molecule has 6 heteroatoms. The number of carbonyl (C=O) groups is 2. The van der Waals surface area contributed by atoms with Crippen LogP contribution in [0.3, 0.4) is 0 Å². The summed E-state index contributed by atoms with van der Waals surface area (Å²) in [5.74, 6) is -2.74. The molecule has 2 aliphatic rings. The molecule has 1 aromatic rings. The molecule has 3 rings (SSSR count). The maximum atomic E-state index is 13.8. The van der Waals surface area contributed by atoms with Crippen molar-refractivity contribution in [2.24, 2.45) is 17.8 Å². The second-order valence-corrected chi connectivity index (χ2v) is 6.23. The maximum Gasteiger partial charge on any atom is 0.331 e. The van der Waals surface area contributed by atoms with Crippen molar-refractivity contribution >= 4 is 11.9 Å². The van der Waals surface area contributed by atoms with Gasteiger partial charge in [0.15, 0.2) is 6.04 Å². The SMILES string of the molecule is O=C(O)C(NC(=O)C1CC2CCC1C2)c1cc(F)ccc1F. The maximum absolute atomic E-state index is 13.8. The number of carboxylic acids is 1. The molecule has 4 nitrogen and oxygen atoms in total. The summed E-state index contributed by atoms with van der Waals surface area (Å²) in [6, 6.07) is 1.02. The average Bonchev–Trinajstić information content (AvgIpc) is 3.09. The van der Waals surface area contributed by atoms with Crippen molar-refractivity contribution < 1.29 is 23.5 Å². The van der Waals surface area contributed by atoms with Crippen molar-refractivity contribution in [2.45, 2.75) is 31.7 Å². The minimum atomic E-state index is -1.57. The molecule has 2 N–H and O–H groups in total. The fraction of sp³-hybridized carbons (Fsp3) is 0.500. The Morgan fingerprint density at radius 3 is 2.59 bits per heavy atom. The highest BCUT2D eigenvalue weighted by atomic mass is 19.1. The lowest BCUT2D eigenvalue weighted by atomic mass is 9.88. The number of carbonyl (C=O) groups excluding carboxylic acids is 1. The number of benzene rings is 1. The van der Waals surface area contributed by atoms with E-state index in [0.29, 0.717) is 5.92 Å². The molecule has 1 aromatic carbocycles. The van der Waals surface area contributed by atoms with Gasteiger partial charge in [-0.1, -0.05) is 6.42 Å². The summed E-state index contributed by atoms with van der Waals surface area (Å²) < 4.78 is 27.0. The van der Waals surface area contributed by atoms with Crippen LogP contribution < -0.4 is 5.32 Å². The number of amides is 1. The highest BCUT2D eigenvalue weighted by Gasteiger charge is 2.44. The Labute approximate surface area is 126 Å². The third-order valence-electron chi connectivity index (χ3n) is 4.88. The molecule has 1 amide bonds. The summed E-state index contributed by atoms with van der Waals surface area (Å²) in [4.78, 5) is 23.7. The number of halogens is 2. The zero-order valence-electron chi connectivity index (χ0n) is 11.9. The summed E-state index contributed by atoms with van der Waals surface area (Å²) in [6.45, 7) is 0. The summed E-state index contributed by atoms with van der Waals surface area (Å²) in [6.07, 6.45) is 3.86. The van der Waals surface area contributed by atoms with Crippen molar-refractivity contribution in [1.29, 1.82) is 0 Å². The molecule has 0 aliphatic heterocycles. The zero-order chi connectivity index (χ0) is 15.9. The molecule has 0 heterocycles. The molecule has 118 valence electrons. The van der Waals surface area contributed by atoms with E-state index in [1.807, 2.05) is 0 Å². The van der Waals surface area contributed by atoms with Crippen LogP contribution in [0.5, 0.6) is 0 Å². The van der Waals surface area contributed by atoms with E-state index >= 15 is 0 Å². The number of aliphatic carboxylic acids is 1. The second kappa shape index (κ2) is 5.66. The van der Waals surface area contributed by atoms with Crippen molar-refractivity contribution in [2.75, 3.05) is 0 Å². The van der Waals surface area contributed by atoms with Gasteiger partial charge in [-0.05, 0) is 49.3 Å². The Bertz CT molecular complexity index is 619. The van der Waals surface area contributed by atoms with Gasteiger partial charge in [0, 0.05) is 11.5 Å². The normalized spacial score (nSPS) is 27.6. The fourth-order valence-electron chi connectivity index (χ4n) is 3.82. The van der Waals surface area contributed by atoms with E-state index in [-0.39, 0.29) is 23.3 Å². The Morgan fingerprint density at radius 1 is 1.23 bits per heavy atom. The standard InChI is InChI=1S/C16H17F2NO3/c17-10-3-4-13(18)12(7-10)14(16(21)22)19-15(20)11-6-8-1-2-9(11)5-8/h3-4,7-9,11,14H,1-2,5-6H2,(H,19,20)(H,21,22). The van der Waals surface area contributed by atoms with Crippen molar-refractivity contribution in [3.63, 3.8) is 0 Å². The Morgan fingerprint density at radius 2 is 2.00 bits per heavy atom. The van der Waals surface area contributed by atoms with Gasteiger partial charge >= 0.3 is 5.97 Å². The van der Waals surface area contributed by atoms with E-state index in [0.717, 1.165) is 43.9 Å². The monoisotopic (exact) mass is 309 g/mol. The van der Waals surface area contributed by atoms with E-state index in [2.05, 4.69) is 5.32 Å². The van der Waals surface area contributed by atoms with Crippen LogP contribution in [-0.4, -0.2) is 17.0 Å². The quantitative estimate of drug-likeness (QED) is 0.898. The van der Waals surface area contributed by atoms with E-state index in [4.69, 9.17) is 0 Å². The van der Waals surface area contributed by atoms with Gasteiger partial charge in [0.2, 0.25) is 5.91 Å². The number of hydrogen-bond donors (Lipinski definition) is 2. The Kier molecular flexibility index (Phi) is 3.85. The third kappa shape index (κ3) is 2.69. The van der Waals surface area contributed by atoms with Gasteiger partial charge in [-0.2, -0.15) is 0 Å². The lowest BCUT2D eigenvalue weighted by Crippen LogP contribution is -2.39. The minimum Gasteiger partial charge on any atom is -0.479 e. The first kappa shape index (κ1) is 14.9. The van der Waals surface area contributed by atoms with E-state index in [9.17, 15) is 23.5 Å². The number of rotatable bonds is 4. The molecular formula is C16H17F2NO3. The van der Waals surface area contributed by atoms with Crippen LogP contribution in [0.1, 0.15) is 37.3 Å². The highest BCUT2D eigenvalue weighted by Crippen LogP contribution is 2.48. The highest BCUT2D eigenvalue weighted by molar-refractivity contribution is 5.86. The van der Waals surface area contributed by atoms with Crippen LogP contribution in [0.15, 0.2) is 18.2 Å². The van der Waals surface area contributed by atoms with Gasteiger partial charge < -0.3 is 10.4 Å². The largest absolute Gasteiger partial charge is 0.479 e. The first-order chi connectivity index (χ1) is 10.5. The fourth-order valence-corrected chi connectivity index (χ4v) is 3.82. The van der Waals surface area contributed by atoms with Gasteiger partial charge in [0.25, 0.3) is 0 Å². The predicted octanol–water partition coefficient (Wildman–Crippen LogP) is 2.64. The lowest BCUT2D eigenvalue weighted by Gasteiger charge is -2.23. The first-order valence-corrected chi connectivity index (χ1v) is 7.44. The smallest absolute Gasteiger partial charge is 0.331 e. The Balaban J connectivity index is 1.79. The van der Waals surface area contributed by atoms with Crippen LogP contribution in [0.2, 0.25) is 0 Å². The number of fused-ring (bicyclic) bond motifs is 2. The lowest BCUT2D eigenvalue weighted by molar-refractivity contribution is -0.143. The second-order valence-electron chi connectivity index (χ2n) is 6.23. The average molecular weight is 309 g/mol. The van der Waals surface area contributed by atoms with Gasteiger partial charge in [0.1, 0.15) is 11.6 Å². The molecule has 4 unspecified atom stereocenters. The molecule has 0 saturated heterocycles. The van der Waals surface area contributed by atoms with E-state index in [1.165, 1.54) is 0 Å². The van der Waals surface area contributed by atoms with Crippen LogP contribution in [-0.2, 0) is 9.59 Å². The predicted molar refractivity (Wildman–Crippen MR) is 73.8 cm³/mol. The Hall–Kier alpha value is -1.98. The molecule has 2 fully saturated rings. The molecule has 2 bridgehead atoms. The molecule has 2 aliphatic carbocycles. The van der Waals surface area contributed by atoms with Crippen LogP contribution in [0, 0.1) is 29.4 Å². The van der Waals surface area contributed by atoms with Gasteiger partial charge in [0.05, 0.1) is 0 Å². The molecule has 0 spiro atoms. The number of carboxylic acid groups (broad SMARTS) is 1. The molecule has 2 saturated carbocycles. The summed E-state index contributed by atoms with van der Waals surface area (Å²) in [7, 11) is 0. The van der Waals surface area contributed by atoms with Crippen LogP contribution in [0.25, 0.3) is 0 Å². The van der Waals surface area contributed by atoms with Gasteiger partial charge in [-0.3, -0.25) is 4.79 Å². The summed E-state index contributed by atoms with van der Waals surface area (Å²) >= 11 is 0. The molecular weight excluding hydrogens is 292 g/mol. The molecule has 0 radical (unpaired) electrons. The minimum absolute atomic E-state index is 0.211. The third-order valence-corrected chi connectivity index (χ3v) is 4.88.